The summed E-state index contributed by atoms with van der Waals surface area (Å²) in [6, 6.07) is 5.79. The van der Waals surface area contributed by atoms with Crippen LogP contribution in [0, 0.1) is 0 Å². The van der Waals surface area contributed by atoms with E-state index in [1.807, 2.05) is 4.90 Å². The average Bonchev–Trinajstić information content (AvgIpc) is 2.90. The zero-order valence-corrected chi connectivity index (χ0v) is 20.0. The van der Waals surface area contributed by atoms with Gasteiger partial charge in [-0.25, -0.2) is 15.0 Å². The van der Waals surface area contributed by atoms with Gasteiger partial charge in [0.1, 0.15) is 17.7 Å². The number of nitrogen functional groups attached to an aromatic ring is 1. The molecule has 3 aromatic rings. The van der Waals surface area contributed by atoms with Crippen molar-refractivity contribution in [3.05, 3.63) is 42.2 Å². The average molecular weight is 517 g/mol. The van der Waals surface area contributed by atoms with Crippen LogP contribution in [0.2, 0.25) is 0 Å². The van der Waals surface area contributed by atoms with Crippen LogP contribution in [0.4, 0.5) is 36.4 Å². The standard InChI is InChI=1S/C24H27F3N8O2/c25-24(26,27)18-11-20(28)30-14-17(18)19-12-21(34-23(33-19)35-7-9-36-10-8-35)32-15-1-2-22(31-13-15)37-16-3-5-29-6-4-16/h1-2,11-14,16,29H,3-10H2,(H2,28,30)(H,32,33,34). The fraction of sp³-hybridized carbons (Fsp3) is 0.417. The summed E-state index contributed by atoms with van der Waals surface area (Å²) in [5.41, 5.74) is 5.11. The predicted octanol–water partition coefficient (Wildman–Crippen LogP) is 3.25. The molecule has 2 aliphatic rings. The molecule has 0 bridgehead atoms. The molecule has 2 fully saturated rings. The smallest absolute Gasteiger partial charge is 0.417 e. The number of morpholine rings is 1. The molecule has 0 amide bonds. The zero-order valence-electron chi connectivity index (χ0n) is 20.0. The molecular formula is C24H27F3N8O2. The van der Waals surface area contributed by atoms with Gasteiger partial charge in [0.2, 0.25) is 11.8 Å². The van der Waals surface area contributed by atoms with Crippen molar-refractivity contribution in [1.29, 1.82) is 0 Å². The number of halogens is 3. The van der Waals surface area contributed by atoms with Gasteiger partial charge in [0.15, 0.2) is 0 Å². The summed E-state index contributed by atoms with van der Waals surface area (Å²) in [5.74, 6) is 0.879. The number of anilines is 4. The van der Waals surface area contributed by atoms with E-state index in [0.717, 1.165) is 38.2 Å². The second kappa shape index (κ2) is 10.7. The maximum Gasteiger partial charge on any atom is 0.417 e. The molecule has 0 aromatic carbocycles. The Kier molecular flexibility index (Phi) is 7.24. The Hall–Kier alpha value is -3.71. The lowest BCUT2D eigenvalue weighted by atomic mass is 10.1. The van der Waals surface area contributed by atoms with E-state index >= 15 is 0 Å². The van der Waals surface area contributed by atoms with E-state index in [1.54, 1.807) is 18.3 Å². The van der Waals surface area contributed by atoms with Crippen molar-refractivity contribution in [3.63, 3.8) is 0 Å². The van der Waals surface area contributed by atoms with Crippen LogP contribution in [0.1, 0.15) is 18.4 Å². The molecule has 0 unspecified atom stereocenters. The number of nitrogens with two attached hydrogens (primary N) is 1. The molecule has 3 aromatic heterocycles. The van der Waals surface area contributed by atoms with E-state index < -0.39 is 11.7 Å². The van der Waals surface area contributed by atoms with Gasteiger partial charge in [-0.15, -0.1) is 0 Å². The molecule has 37 heavy (non-hydrogen) atoms. The quantitative estimate of drug-likeness (QED) is 0.450. The first-order valence-electron chi connectivity index (χ1n) is 12.0. The number of piperidine rings is 1. The van der Waals surface area contributed by atoms with Crippen molar-refractivity contribution in [2.45, 2.75) is 25.1 Å². The van der Waals surface area contributed by atoms with Crippen LogP contribution in [0.15, 0.2) is 36.7 Å². The number of ether oxygens (including phenoxy) is 2. The largest absolute Gasteiger partial charge is 0.474 e. The molecule has 2 saturated heterocycles. The van der Waals surface area contributed by atoms with Gasteiger partial charge in [0, 0.05) is 37.0 Å². The van der Waals surface area contributed by atoms with Gasteiger partial charge in [0.25, 0.3) is 0 Å². The first kappa shape index (κ1) is 25.0. The van der Waals surface area contributed by atoms with E-state index in [1.165, 1.54) is 6.07 Å². The summed E-state index contributed by atoms with van der Waals surface area (Å²) in [4.78, 5) is 19.1. The van der Waals surface area contributed by atoms with Crippen LogP contribution >= 0.6 is 0 Å². The molecule has 2 aliphatic heterocycles. The highest BCUT2D eigenvalue weighted by Crippen LogP contribution is 2.38. The zero-order chi connectivity index (χ0) is 25.8. The van der Waals surface area contributed by atoms with Crippen molar-refractivity contribution in [3.8, 4) is 17.1 Å². The minimum Gasteiger partial charge on any atom is -0.474 e. The van der Waals surface area contributed by atoms with Crippen LogP contribution in [-0.2, 0) is 10.9 Å². The maximum atomic E-state index is 13.8. The Morgan fingerprint density at radius 3 is 2.54 bits per heavy atom. The van der Waals surface area contributed by atoms with E-state index in [9.17, 15) is 13.2 Å². The summed E-state index contributed by atoms with van der Waals surface area (Å²) in [5, 5.41) is 6.42. The number of hydrogen-bond acceptors (Lipinski definition) is 10. The number of hydrogen-bond donors (Lipinski definition) is 3. The lowest BCUT2D eigenvalue weighted by molar-refractivity contribution is -0.137. The van der Waals surface area contributed by atoms with Crippen LogP contribution in [0.5, 0.6) is 5.88 Å². The minimum atomic E-state index is -4.64. The Balaban J connectivity index is 1.45. The number of rotatable bonds is 6. The molecule has 0 atom stereocenters. The lowest BCUT2D eigenvalue weighted by Crippen LogP contribution is -2.37. The monoisotopic (exact) mass is 516 g/mol. The molecule has 0 aliphatic carbocycles. The number of pyridine rings is 2. The molecule has 0 spiro atoms. The van der Waals surface area contributed by atoms with Gasteiger partial charge in [-0.05, 0) is 38.1 Å². The minimum absolute atomic E-state index is 0.0673. The predicted molar refractivity (Wildman–Crippen MR) is 132 cm³/mol. The second-order valence-electron chi connectivity index (χ2n) is 8.77. The lowest BCUT2D eigenvalue weighted by Gasteiger charge is -2.27. The highest BCUT2D eigenvalue weighted by atomic mass is 19.4. The highest BCUT2D eigenvalue weighted by molar-refractivity contribution is 5.71. The fourth-order valence-corrected chi connectivity index (χ4v) is 4.21. The van der Waals surface area contributed by atoms with Crippen molar-refractivity contribution < 1.29 is 22.6 Å². The van der Waals surface area contributed by atoms with E-state index in [-0.39, 0.29) is 29.1 Å². The summed E-state index contributed by atoms with van der Waals surface area (Å²) in [6.07, 6.45) is -0.0199. The molecule has 5 heterocycles. The maximum absolute atomic E-state index is 13.8. The Morgan fingerprint density at radius 1 is 1.05 bits per heavy atom. The molecule has 0 radical (unpaired) electrons. The molecule has 4 N–H and O–H groups in total. The Labute approximate surface area is 211 Å². The number of nitrogens with zero attached hydrogens (tertiary/aromatic N) is 5. The normalized spacial score (nSPS) is 17.0. The van der Waals surface area contributed by atoms with Crippen LogP contribution in [0.3, 0.4) is 0 Å². The molecule has 5 rings (SSSR count). The topological polar surface area (TPSA) is 123 Å². The van der Waals surface area contributed by atoms with Gasteiger partial charge >= 0.3 is 6.18 Å². The third kappa shape index (κ3) is 6.17. The Morgan fingerprint density at radius 2 is 1.84 bits per heavy atom. The van der Waals surface area contributed by atoms with Gasteiger partial charge in [0.05, 0.1) is 36.4 Å². The number of aromatic nitrogens is 4. The van der Waals surface area contributed by atoms with E-state index in [0.29, 0.717) is 43.7 Å². The van der Waals surface area contributed by atoms with Crippen molar-refractivity contribution >= 4 is 23.3 Å². The van der Waals surface area contributed by atoms with Gasteiger partial charge in [-0.1, -0.05) is 0 Å². The molecule has 10 nitrogen and oxygen atoms in total. The Bertz CT molecular complexity index is 1210. The summed E-state index contributed by atoms with van der Waals surface area (Å²) >= 11 is 0. The van der Waals surface area contributed by atoms with Crippen molar-refractivity contribution in [2.75, 3.05) is 55.3 Å². The third-order valence-corrected chi connectivity index (χ3v) is 6.10. The second-order valence-corrected chi connectivity index (χ2v) is 8.77. The first-order valence-corrected chi connectivity index (χ1v) is 12.0. The van der Waals surface area contributed by atoms with Crippen LogP contribution < -0.4 is 26.0 Å². The number of alkyl halides is 3. The summed E-state index contributed by atoms with van der Waals surface area (Å²) < 4.78 is 52.8. The van der Waals surface area contributed by atoms with Crippen molar-refractivity contribution in [1.82, 2.24) is 25.3 Å². The third-order valence-electron chi connectivity index (χ3n) is 6.10. The molecule has 13 heteroatoms. The van der Waals surface area contributed by atoms with Crippen LogP contribution in [0.25, 0.3) is 11.3 Å². The molecular weight excluding hydrogens is 489 g/mol. The van der Waals surface area contributed by atoms with Gasteiger partial charge < -0.3 is 30.7 Å². The molecule has 196 valence electrons. The van der Waals surface area contributed by atoms with Gasteiger partial charge in [-0.3, -0.25) is 0 Å². The fourth-order valence-electron chi connectivity index (χ4n) is 4.21. The van der Waals surface area contributed by atoms with Crippen molar-refractivity contribution in [2.24, 2.45) is 0 Å². The first-order chi connectivity index (χ1) is 17.8. The highest BCUT2D eigenvalue weighted by Gasteiger charge is 2.35. The van der Waals surface area contributed by atoms with E-state index in [4.69, 9.17) is 15.2 Å². The SMILES string of the molecule is Nc1cc(C(F)(F)F)c(-c2cc(Nc3ccc(OC4CCNCC4)nc3)nc(N3CCOCC3)n2)cn1. The van der Waals surface area contributed by atoms with Crippen LogP contribution in [-0.4, -0.2) is 65.4 Å². The van der Waals surface area contributed by atoms with E-state index in [2.05, 4.69) is 30.6 Å². The van der Waals surface area contributed by atoms with Gasteiger partial charge in [-0.2, -0.15) is 18.2 Å². The number of nitrogens with one attached hydrogen (secondary N) is 2. The molecule has 0 saturated carbocycles. The summed E-state index contributed by atoms with van der Waals surface area (Å²) in [7, 11) is 0. The summed E-state index contributed by atoms with van der Waals surface area (Å²) in [6.45, 7) is 3.78.